The average Bonchev–Trinajstić information content (AvgIpc) is 2.62. The van der Waals surface area contributed by atoms with Gasteiger partial charge in [0.25, 0.3) is 5.91 Å². The average molecular weight is 398 g/mol. The summed E-state index contributed by atoms with van der Waals surface area (Å²) in [5.41, 5.74) is 2.30. The van der Waals surface area contributed by atoms with Gasteiger partial charge >= 0.3 is 0 Å². The lowest BCUT2D eigenvalue weighted by Crippen LogP contribution is -3.08. The number of quaternary nitrogens is 1. The van der Waals surface area contributed by atoms with Crippen LogP contribution >= 0.6 is 23.2 Å². The summed E-state index contributed by atoms with van der Waals surface area (Å²) in [6.45, 7) is 2.74. The maximum atomic E-state index is 12.4. The number of nitrogens with one attached hydrogen (secondary N) is 2. The molecule has 0 saturated carbocycles. The van der Waals surface area contributed by atoms with Gasteiger partial charge in [-0.2, -0.15) is 0 Å². The monoisotopic (exact) mass is 397 g/mol. The van der Waals surface area contributed by atoms with Crippen LogP contribution in [-0.4, -0.2) is 33.7 Å². The lowest BCUT2D eigenvalue weighted by atomic mass is 10.1. The third-order valence-electron chi connectivity index (χ3n) is 4.00. The quantitative estimate of drug-likeness (QED) is 0.754. The summed E-state index contributed by atoms with van der Waals surface area (Å²) < 4.78 is 10.6. The minimum absolute atomic E-state index is 0.163. The maximum Gasteiger partial charge on any atom is 0.279 e. The second-order valence-electron chi connectivity index (χ2n) is 6.09. The fraction of sp³-hybridized carbons (Fsp3) is 0.316. The molecule has 2 aromatic carbocycles. The number of rotatable bonds is 7. The molecule has 2 aromatic rings. The highest BCUT2D eigenvalue weighted by Crippen LogP contribution is 2.32. The first kappa shape index (κ1) is 20.4. The number of methoxy groups -OCH3 is 2. The van der Waals surface area contributed by atoms with Crippen molar-refractivity contribution in [1.29, 1.82) is 0 Å². The smallest absolute Gasteiger partial charge is 0.279 e. The Morgan fingerprint density at radius 2 is 1.88 bits per heavy atom. The first-order valence-electron chi connectivity index (χ1n) is 8.12. The van der Waals surface area contributed by atoms with E-state index < -0.39 is 0 Å². The Morgan fingerprint density at radius 3 is 2.54 bits per heavy atom. The maximum absolute atomic E-state index is 12.4. The van der Waals surface area contributed by atoms with Gasteiger partial charge in [-0.3, -0.25) is 4.79 Å². The van der Waals surface area contributed by atoms with E-state index in [9.17, 15) is 4.79 Å². The summed E-state index contributed by atoms with van der Waals surface area (Å²) in [6.07, 6.45) is 0. The number of hydrogen-bond acceptors (Lipinski definition) is 3. The number of ether oxygens (including phenoxy) is 2. The van der Waals surface area contributed by atoms with Gasteiger partial charge in [-0.25, -0.2) is 0 Å². The predicted octanol–water partition coefficient (Wildman–Crippen LogP) is 2.97. The van der Waals surface area contributed by atoms with Crippen LogP contribution in [0.5, 0.6) is 11.5 Å². The van der Waals surface area contributed by atoms with E-state index in [4.69, 9.17) is 32.7 Å². The summed E-state index contributed by atoms with van der Waals surface area (Å²) in [4.78, 5) is 13.4. The van der Waals surface area contributed by atoms with Crippen molar-refractivity contribution < 1.29 is 19.2 Å². The van der Waals surface area contributed by atoms with Gasteiger partial charge < -0.3 is 19.7 Å². The van der Waals surface area contributed by atoms with Crippen molar-refractivity contribution in [3.63, 3.8) is 0 Å². The number of aryl methyl sites for hydroxylation is 1. The molecule has 0 fully saturated rings. The molecule has 5 nitrogen and oxygen atoms in total. The van der Waals surface area contributed by atoms with Gasteiger partial charge in [-0.1, -0.05) is 29.3 Å². The Morgan fingerprint density at radius 1 is 1.15 bits per heavy atom. The molecule has 0 aliphatic carbocycles. The number of likely N-dealkylation sites (N-methyl/N-ethyl adjacent to an activating group) is 1. The molecular formula is C19H23Cl2N2O3+. The number of amides is 1. The highest BCUT2D eigenvalue weighted by atomic mass is 35.5. The van der Waals surface area contributed by atoms with Crippen molar-refractivity contribution in [1.82, 2.24) is 0 Å². The van der Waals surface area contributed by atoms with Gasteiger partial charge in [0.2, 0.25) is 0 Å². The molecule has 26 heavy (non-hydrogen) atoms. The first-order valence-corrected chi connectivity index (χ1v) is 8.88. The predicted molar refractivity (Wildman–Crippen MR) is 105 cm³/mol. The van der Waals surface area contributed by atoms with E-state index in [0.717, 1.165) is 27.5 Å². The molecule has 0 aromatic heterocycles. The van der Waals surface area contributed by atoms with Crippen LogP contribution in [0.25, 0.3) is 0 Å². The Hall–Kier alpha value is -1.95. The Balaban J connectivity index is 2.03. The fourth-order valence-electron chi connectivity index (χ4n) is 2.61. The second-order valence-corrected chi connectivity index (χ2v) is 6.88. The molecule has 1 unspecified atom stereocenters. The summed E-state index contributed by atoms with van der Waals surface area (Å²) in [5.74, 6) is 1.29. The number of halogens is 2. The van der Waals surface area contributed by atoms with Crippen molar-refractivity contribution >= 4 is 34.8 Å². The van der Waals surface area contributed by atoms with Crippen LogP contribution in [0.1, 0.15) is 11.1 Å². The van der Waals surface area contributed by atoms with E-state index in [1.54, 1.807) is 20.3 Å². The lowest BCUT2D eigenvalue weighted by molar-refractivity contribution is -0.885. The third-order valence-corrected chi connectivity index (χ3v) is 4.80. The molecule has 1 amide bonds. The third kappa shape index (κ3) is 5.04. The van der Waals surface area contributed by atoms with Crippen molar-refractivity contribution in [2.75, 3.05) is 33.1 Å². The molecule has 0 aliphatic rings. The van der Waals surface area contributed by atoms with Crippen LogP contribution in [0.2, 0.25) is 10.0 Å². The number of carbonyl (C=O) groups is 1. The molecule has 2 N–H and O–H groups in total. The first-order chi connectivity index (χ1) is 12.3. The SMILES string of the molecule is COc1ccc(C[NH+](C)CC(=O)Nc2c(Cl)ccc(C)c2Cl)c(OC)c1. The number of hydrogen-bond donors (Lipinski definition) is 2. The van der Waals surface area contributed by atoms with Crippen LogP contribution in [0.4, 0.5) is 5.69 Å². The molecule has 0 saturated heterocycles. The molecular weight excluding hydrogens is 375 g/mol. The van der Waals surface area contributed by atoms with Crippen LogP contribution in [-0.2, 0) is 11.3 Å². The van der Waals surface area contributed by atoms with Crippen LogP contribution in [0.3, 0.4) is 0 Å². The Kier molecular flexibility index (Phi) is 7.14. The highest BCUT2D eigenvalue weighted by molar-refractivity contribution is 6.40. The van der Waals surface area contributed by atoms with Gasteiger partial charge in [0, 0.05) is 11.6 Å². The van der Waals surface area contributed by atoms with E-state index in [0.29, 0.717) is 22.3 Å². The van der Waals surface area contributed by atoms with Gasteiger partial charge in [0.1, 0.15) is 18.0 Å². The zero-order valence-corrected chi connectivity index (χ0v) is 16.8. The molecule has 0 aliphatic heterocycles. The minimum atomic E-state index is -0.163. The number of benzene rings is 2. The number of carbonyl (C=O) groups excluding carboxylic acids is 1. The Labute approximate surface area is 163 Å². The highest BCUT2D eigenvalue weighted by Gasteiger charge is 2.17. The van der Waals surface area contributed by atoms with Crippen molar-refractivity contribution in [3.8, 4) is 11.5 Å². The zero-order chi connectivity index (χ0) is 19.3. The topological polar surface area (TPSA) is 52.0 Å². The van der Waals surface area contributed by atoms with E-state index in [1.165, 1.54) is 0 Å². The van der Waals surface area contributed by atoms with E-state index in [1.807, 2.05) is 38.2 Å². The summed E-state index contributed by atoms with van der Waals surface area (Å²) in [7, 11) is 5.16. The van der Waals surface area contributed by atoms with Crippen molar-refractivity contribution in [3.05, 3.63) is 51.5 Å². The second kappa shape index (κ2) is 9.12. The summed E-state index contributed by atoms with van der Waals surface area (Å²) in [6, 6.07) is 9.17. The van der Waals surface area contributed by atoms with Crippen molar-refractivity contribution in [2.45, 2.75) is 13.5 Å². The van der Waals surface area contributed by atoms with Gasteiger partial charge in [-0.15, -0.1) is 0 Å². The molecule has 2 rings (SSSR count). The van der Waals surface area contributed by atoms with Gasteiger partial charge in [-0.05, 0) is 30.7 Å². The molecule has 0 spiro atoms. The van der Waals surface area contributed by atoms with Crippen LogP contribution in [0, 0.1) is 6.92 Å². The molecule has 1 atom stereocenters. The van der Waals surface area contributed by atoms with Crippen LogP contribution in [0.15, 0.2) is 30.3 Å². The number of anilines is 1. The Bertz CT molecular complexity index is 797. The lowest BCUT2D eigenvalue weighted by Gasteiger charge is -2.17. The van der Waals surface area contributed by atoms with Gasteiger partial charge in [0.05, 0.1) is 37.0 Å². The molecule has 0 radical (unpaired) electrons. The fourth-order valence-corrected chi connectivity index (χ4v) is 3.08. The van der Waals surface area contributed by atoms with Crippen molar-refractivity contribution in [2.24, 2.45) is 0 Å². The molecule has 140 valence electrons. The standard InChI is InChI=1S/C19H22Cl2N2O3/c1-12-5-8-15(20)19(18(12)21)22-17(24)11-23(2)10-13-6-7-14(25-3)9-16(13)26-4/h5-9H,10-11H2,1-4H3,(H,22,24)/p+1. The largest absolute Gasteiger partial charge is 0.497 e. The molecule has 7 heteroatoms. The minimum Gasteiger partial charge on any atom is -0.497 e. The molecule has 0 bridgehead atoms. The normalized spacial score (nSPS) is 11.8. The van der Waals surface area contributed by atoms with E-state index in [2.05, 4.69) is 5.32 Å². The zero-order valence-electron chi connectivity index (χ0n) is 15.3. The summed E-state index contributed by atoms with van der Waals surface area (Å²) in [5, 5.41) is 3.69. The van der Waals surface area contributed by atoms with E-state index in [-0.39, 0.29) is 12.5 Å². The van der Waals surface area contributed by atoms with Gasteiger partial charge in [0.15, 0.2) is 6.54 Å². The van der Waals surface area contributed by atoms with Crippen LogP contribution < -0.4 is 19.7 Å². The van der Waals surface area contributed by atoms with E-state index >= 15 is 0 Å². The summed E-state index contributed by atoms with van der Waals surface area (Å²) >= 11 is 12.4. The molecule has 0 heterocycles.